The molecular weight excluding hydrogens is 512 g/mol. The van der Waals surface area contributed by atoms with Crippen LogP contribution in [0.5, 0.6) is 17.2 Å². The first kappa shape index (κ1) is 27.0. The molecule has 3 aromatic rings. The maximum Gasteiger partial charge on any atom is 0.260 e. The van der Waals surface area contributed by atoms with Crippen LogP contribution >= 0.6 is 0 Å². The van der Waals surface area contributed by atoms with Crippen molar-refractivity contribution < 1.29 is 23.8 Å². The number of likely N-dealkylation sites (tertiary alicyclic amines) is 1. The molecule has 11 nitrogen and oxygen atoms in total. The van der Waals surface area contributed by atoms with Gasteiger partial charge in [0.1, 0.15) is 18.1 Å². The summed E-state index contributed by atoms with van der Waals surface area (Å²) in [6.07, 6.45) is 4.63. The van der Waals surface area contributed by atoms with Gasteiger partial charge in [0.25, 0.3) is 11.8 Å². The molecule has 0 radical (unpaired) electrons. The van der Waals surface area contributed by atoms with Gasteiger partial charge in [-0.15, -0.1) is 0 Å². The lowest BCUT2D eigenvalue weighted by Crippen LogP contribution is -2.38. The van der Waals surface area contributed by atoms with E-state index in [-0.39, 0.29) is 18.4 Å². The zero-order valence-corrected chi connectivity index (χ0v) is 23.0. The molecule has 2 aliphatic heterocycles. The second-order valence-electron chi connectivity index (χ2n) is 9.62. The number of carbonyl (C=O) groups excluding carboxylic acids is 2. The number of nitrogens with one attached hydrogen (secondary N) is 2. The number of hydrogen-bond donors (Lipinski definition) is 2. The van der Waals surface area contributed by atoms with Gasteiger partial charge in [0.05, 0.1) is 25.0 Å². The Balaban J connectivity index is 1.42. The highest BCUT2D eigenvalue weighted by molar-refractivity contribution is 6.06. The Kier molecular flexibility index (Phi) is 8.18. The standard InChI is InChI=1S/C29H34N6O5/c1-4-39-22-11-7-6-10-21(22)33-28(37)26-19(2)32-29-30-18-31-35(29)27(26)20-12-13-23(24(16-20)38-3)40-17-25(36)34-14-8-5-9-15-34/h6-7,10-13,16,18,27H,4-5,8-9,14-15,17H2,1-3H3,(H,33,37)(H,30,31,32). The van der Waals surface area contributed by atoms with Crippen LogP contribution in [0.4, 0.5) is 11.6 Å². The Bertz CT molecular complexity index is 1410. The van der Waals surface area contributed by atoms with Gasteiger partial charge in [-0.3, -0.25) is 9.59 Å². The van der Waals surface area contributed by atoms with Gasteiger partial charge in [-0.1, -0.05) is 18.2 Å². The number of anilines is 2. The fraction of sp³-hybridized carbons (Fsp3) is 0.379. The minimum Gasteiger partial charge on any atom is -0.493 e. The Morgan fingerprint density at radius 3 is 2.62 bits per heavy atom. The molecule has 1 saturated heterocycles. The number of nitrogens with zero attached hydrogens (tertiary/aromatic N) is 4. The number of carbonyl (C=O) groups is 2. The molecule has 5 rings (SSSR count). The zero-order valence-electron chi connectivity index (χ0n) is 23.0. The molecule has 2 aromatic carbocycles. The molecule has 1 unspecified atom stereocenters. The number of fused-ring (bicyclic) bond motifs is 1. The number of ether oxygens (including phenoxy) is 3. The second-order valence-corrected chi connectivity index (χ2v) is 9.62. The number of hydrogen-bond acceptors (Lipinski definition) is 8. The third-order valence-corrected chi connectivity index (χ3v) is 7.04. The Morgan fingerprint density at radius 1 is 1.05 bits per heavy atom. The molecule has 3 heterocycles. The van der Waals surface area contributed by atoms with E-state index < -0.39 is 6.04 Å². The zero-order chi connectivity index (χ0) is 28.1. The fourth-order valence-corrected chi connectivity index (χ4v) is 5.08. The van der Waals surface area contributed by atoms with Crippen LogP contribution in [0, 0.1) is 0 Å². The number of piperidine rings is 1. The molecule has 210 valence electrons. The molecule has 0 saturated carbocycles. The summed E-state index contributed by atoms with van der Waals surface area (Å²) in [4.78, 5) is 32.6. The fourth-order valence-electron chi connectivity index (χ4n) is 5.08. The first-order valence-electron chi connectivity index (χ1n) is 13.5. The van der Waals surface area contributed by atoms with Crippen molar-refractivity contribution in [1.82, 2.24) is 19.7 Å². The number of rotatable bonds is 9. The second kappa shape index (κ2) is 12.1. The summed E-state index contributed by atoms with van der Waals surface area (Å²) in [5.41, 5.74) is 2.41. The van der Waals surface area contributed by atoms with E-state index in [1.807, 2.05) is 43.0 Å². The number of benzene rings is 2. The van der Waals surface area contributed by atoms with E-state index in [0.717, 1.165) is 37.9 Å². The van der Waals surface area contributed by atoms with Crippen LogP contribution in [0.1, 0.15) is 44.7 Å². The lowest BCUT2D eigenvalue weighted by molar-refractivity contribution is -0.134. The largest absolute Gasteiger partial charge is 0.493 e. The van der Waals surface area contributed by atoms with Gasteiger partial charge in [0.2, 0.25) is 5.95 Å². The molecule has 1 aromatic heterocycles. The maximum atomic E-state index is 13.8. The summed E-state index contributed by atoms with van der Waals surface area (Å²) in [5.74, 6) is 1.64. The van der Waals surface area contributed by atoms with Crippen molar-refractivity contribution in [3.8, 4) is 17.2 Å². The summed E-state index contributed by atoms with van der Waals surface area (Å²) in [6.45, 7) is 5.65. The normalized spacial score (nSPS) is 16.6. The predicted octanol–water partition coefficient (Wildman–Crippen LogP) is 4.00. The van der Waals surface area contributed by atoms with E-state index in [4.69, 9.17) is 14.2 Å². The molecule has 1 atom stereocenters. The average Bonchev–Trinajstić information content (AvgIpc) is 3.44. The van der Waals surface area contributed by atoms with Crippen molar-refractivity contribution in [3.05, 3.63) is 65.6 Å². The molecule has 2 N–H and O–H groups in total. The van der Waals surface area contributed by atoms with Crippen LogP contribution in [0.15, 0.2) is 60.1 Å². The lowest BCUT2D eigenvalue weighted by atomic mass is 9.94. The summed E-state index contributed by atoms with van der Waals surface area (Å²) >= 11 is 0. The molecule has 2 amide bonds. The van der Waals surface area contributed by atoms with Crippen LogP contribution < -0.4 is 24.8 Å². The van der Waals surface area contributed by atoms with E-state index >= 15 is 0 Å². The van der Waals surface area contributed by atoms with Gasteiger partial charge in [-0.25, -0.2) is 4.68 Å². The average molecular weight is 547 g/mol. The Morgan fingerprint density at radius 2 is 1.85 bits per heavy atom. The number of methoxy groups -OCH3 is 1. The van der Waals surface area contributed by atoms with E-state index in [2.05, 4.69) is 20.7 Å². The molecular formula is C29H34N6O5. The monoisotopic (exact) mass is 546 g/mol. The minimum absolute atomic E-state index is 0.0405. The van der Waals surface area contributed by atoms with Crippen LogP contribution in [0.25, 0.3) is 0 Å². The van der Waals surface area contributed by atoms with E-state index in [0.29, 0.717) is 46.8 Å². The predicted molar refractivity (Wildman–Crippen MR) is 150 cm³/mol. The third kappa shape index (κ3) is 5.58. The SMILES string of the molecule is CCOc1ccccc1NC(=O)C1=C(C)Nc2ncnn2C1c1ccc(OCC(=O)N2CCCCC2)c(OC)c1. The van der Waals surface area contributed by atoms with E-state index in [9.17, 15) is 9.59 Å². The van der Waals surface area contributed by atoms with Gasteiger partial charge >= 0.3 is 0 Å². The molecule has 0 bridgehead atoms. The van der Waals surface area contributed by atoms with E-state index in [1.54, 1.807) is 30.0 Å². The van der Waals surface area contributed by atoms with Gasteiger partial charge in [0.15, 0.2) is 18.1 Å². The van der Waals surface area contributed by atoms with Gasteiger partial charge in [0, 0.05) is 18.8 Å². The molecule has 1 fully saturated rings. The van der Waals surface area contributed by atoms with Crippen molar-refractivity contribution in [3.63, 3.8) is 0 Å². The molecule has 40 heavy (non-hydrogen) atoms. The van der Waals surface area contributed by atoms with Crippen LogP contribution in [0.3, 0.4) is 0 Å². The Labute approximate surface area is 233 Å². The van der Waals surface area contributed by atoms with E-state index in [1.165, 1.54) is 6.33 Å². The Hall–Kier alpha value is -4.54. The van der Waals surface area contributed by atoms with Crippen molar-refractivity contribution >= 4 is 23.5 Å². The van der Waals surface area contributed by atoms with Crippen molar-refractivity contribution in [2.45, 2.75) is 39.2 Å². The lowest BCUT2D eigenvalue weighted by Gasteiger charge is -2.29. The molecule has 0 spiro atoms. The highest BCUT2D eigenvalue weighted by atomic mass is 16.5. The summed E-state index contributed by atoms with van der Waals surface area (Å²) in [7, 11) is 1.54. The summed E-state index contributed by atoms with van der Waals surface area (Å²) in [6, 6.07) is 12.1. The smallest absolute Gasteiger partial charge is 0.260 e. The number of allylic oxidation sites excluding steroid dienone is 1. The molecule has 2 aliphatic rings. The van der Waals surface area contributed by atoms with Gasteiger partial charge in [-0.2, -0.15) is 10.1 Å². The van der Waals surface area contributed by atoms with Crippen LogP contribution in [-0.4, -0.2) is 64.9 Å². The first-order chi connectivity index (χ1) is 19.5. The number of aromatic nitrogens is 3. The van der Waals surface area contributed by atoms with Gasteiger partial charge in [-0.05, 0) is 62.9 Å². The van der Waals surface area contributed by atoms with Crippen molar-refractivity contribution in [1.29, 1.82) is 0 Å². The number of para-hydroxylation sites is 2. The minimum atomic E-state index is -0.601. The number of amides is 2. The highest BCUT2D eigenvalue weighted by Crippen LogP contribution is 2.39. The topological polar surface area (TPSA) is 120 Å². The maximum absolute atomic E-state index is 13.8. The van der Waals surface area contributed by atoms with Crippen molar-refractivity contribution in [2.75, 3.05) is 44.0 Å². The quantitative estimate of drug-likeness (QED) is 0.413. The van der Waals surface area contributed by atoms with Crippen LogP contribution in [-0.2, 0) is 9.59 Å². The molecule has 11 heteroatoms. The van der Waals surface area contributed by atoms with Crippen LogP contribution in [0.2, 0.25) is 0 Å². The highest BCUT2D eigenvalue weighted by Gasteiger charge is 2.34. The third-order valence-electron chi connectivity index (χ3n) is 7.04. The summed E-state index contributed by atoms with van der Waals surface area (Å²) < 4.78 is 18.9. The summed E-state index contributed by atoms with van der Waals surface area (Å²) in [5, 5.41) is 10.6. The molecule has 0 aliphatic carbocycles. The van der Waals surface area contributed by atoms with Crippen molar-refractivity contribution in [2.24, 2.45) is 0 Å². The first-order valence-corrected chi connectivity index (χ1v) is 13.5. The van der Waals surface area contributed by atoms with Gasteiger partial charge < -0.3 is 29.7 Å².